The van der Waals surface area contributed by atoms with Gasteiger partial charge in [0.2, 0.25) is 5.91 Å². The lowest BCUT2D eigenvalue weighted by atomic mass is 10.1. The Balaban J connectivity index is 0.00000161. The molecule has 0 aliphatic carbocycles. The summed E-state index contributed by atoms with van der Waals surface area (Å²) in [6.45, 7) is 3.88. The molecule has 1 aliphatic rings. The molecule has 1 amide bonds. The van der Waals surface area contributed by atoms with Crippen molar-refractivity contribution in [2.75, 3.05) is 13.2 Å². The maximum Gasteiger partial charge on any atom is 0.240 e. The smallest absolute Gasteiger partial charge is 0.240 e. The number of hydrogen-bond acceptors (Lipinski definition) is 4. The highest BCUT2D eigenvalue weighted by molar-refractivity contribution is 7.17. The highest BCUT2D eigenvalue weighted by Gasteiger charge is 2.27. The van der Waals surface area contributed by atoms with Crippen LogP contribution in [0.15, 0.2) is 29.6 Å². The number of amides is 1. The summed E-state index contributed by atoms with van der Waals surface area (Å²) < 4.78 is 6.75. The SMILES string of the molecule is C[C@H]1OCCN[C@@H]1C(=O)NCc1csc2ccccc12.Cl. The zero-order chi connectivity index (χ0) is 13.9. The Morgan fingerprint density at radius 1 is 1.48 bits per heavy atom. The summed E-state index contributed by atoms with van der Waals surface area (Å²) in [5, 5.41) is 9.54. The quantitative estimate of drug-likeness (QED) is 0.910. The van der Waals surface area contributed by atoms with Gasteiger partial charge >= 0.3 is 0 Å². The van der Waals surface area contributed by atoms with Crippen molar-refractivity contribution < 1.29 is 9.53 Å². The molecule has 6 heteroatoms. The summed E-state index contributed by atoms with van der Waals surface area (Å²) >= 11 is 1.71. The van der Waals surface area contributed by atoms with Gasteiger partial charge in [0.1, 0.15) is 6.04 Å². The van der Waals surface area contributed by atoms with Gasteiger partial charge in [-0.2, -0.15) is 0 Å². The molecular weight excluding hydrogens is 308 g/mol. The van der Waals surface area contributed by atoms with Crippen LogP contribution in [0.5, 0.6) is 0 Å². The molecule has 0 radical (unpaired) electrons. The second-order valence-corrected chi connectivity index (χ2v) is 5.89. The summed E-state index contributed by atoms with van der Waals surface area (Å²) in [5.74, 6) is 0.00693. The molecule has 1 aliphatic heterocycles. The van der Waals surface area contributed by atoms with Gasteiger partial charge in [-0.3, -0.25) is 4.79 Å². The maximum atomic E-state index is 12.2. The lowest BCUT2D eigenvalue weighted by Crippen LogP contribution is -2.55. The van der Waals surface area contributed by atoms with E-state index in [2.05, 4.69) is 28.1 Å². The second kappa shape index (κ2) is 7.22. The molecule has 0 bridgehead atoms. The molecule has 0 spiro atoms. The largest absolute Gasteiger partial charge is 0.375 e. The van der Waals surface area contributed by atoms with E-state index in [9.17, 15) is 4.79 Å². The first kappa shape index (κ1) is 16.2. The van der Waals surface area contributed by atoms with Crippen molar-refractivity contribution in [2.24, 2.45) is 0 Å². The number of ether oxygens (including phenoxy) is 1. The molecule has 4 nitrogen and oxygen atoms in total. The van der Waals surface area contributed by atoms with Crippen molar-refractivity contribution in [1.29, 1.82) is 0 Å². The molecule has 1 aromatic heterocycles. The number of fused-ring (bicyclic) bond motifs is 1. The normalized spacial score (nSPS) is 21.8. The van der Waals surface area contributed by atoms with Gasteiger partial charge in [-0.05, 0) is 29.3 Å². The molecule has 2 aromatic rings. The number of benzene rings is 1. The van der Waals surface area contributed by atoms with Gasteiger partial charge in [0.05, 0.1) is 12.7 Å². The zero-order valence-electron chi connectivity index (χ0n) is 11.8. The number of carbonyl (C=O) groups excluding carboxylic acids is 1. The Morgan fingerprint density at radius 2 is 2.29 bits per heavy atom. The lowest BCUT2D eigenvalue weighted by Gasteiger charge is -2.29. The van der Waals surface area contributed by atoms with Crippen molar-refractivity contribution in [3.63, 3.8) is 0 Å². The molecule has 114 valence electrons. The highest BCUT2D eigenvalue weighted by Crippen LogP contribution is 2.25. The van der Waals surface area contributed by atoms with Gasteiger partial charge in [-0.15, -0.1) is 23.7 Å². The zero-order valence-corrected chi connectivity index (χ0v) is 13.4. The predicted molar refractivity (Wildman–Crippen MR) is 88.1 cm³/mol. The summed E-state index contributed by atoms with van der Waals surface area (Å²) in [4.78, 5) is 12.2. The minimum Gasteiger partial charge on any atom is -0.375 e. The fourth-order valence-electron chi connectivity index (χ4n) is 2.49. The van der Waals surface area contributed by atoms with E-state index in [4.69, 9.17) is 4.74 Å². The number of carbonyl (C=O) groups is 1. The molecule has 3 rings (SSSR count). The third-order valence-corrected chi connectivity index (χ3v) is 4.63. The van der Waals surface area contributed by atoms with Crippen molar-refractivity contribution in [3.05, 3.63) is 35.2 Å². The molecule has 1 saturated heterocycles. The average molecular weight is 327 g/mol. The average Bonchev–Trinajstić information content (AvgIpc) is 2.88. The Hall–Kier alpha value is -1.14. The van der Waals surface area contributed by atoms with E-state index in [-0.39, 0.29) is 30.5 Å². The van der Waals surface area contributed by atoms with E-state index in [1.165, 1.54) is 15.6 Å². The number of halogens is 1. The third-order valence-electron chi connectivity index (χ3n) is 3.61. The third kappa shape index (κ3) is 3.55. The number of morpholine rings is 1. The lowest BCUT2D eigenvalue weighted by molar-refractivity contribution is -0.129. The summed E-state index contributed by atoms with van der Waals surface area (Å²) in [6, 6.07) is 8.00. The van der Waals surface area contributed by atoms with Crippen LogP contribution in [-0.2, 0) is 16.1 Å². The van der Waals surface area contributed by atoms with Crippen LogP contribution in [0.3, 0.4) is 0 Å². The second-order valence-electron chi connectivity index (χ2n) is 4.98. The van der Waals surface area contributed by atoms with Gasteiger partial charge < -0.3 is 15.4 Å². The number of rotatable bonds is 3. The summed E-state index contributed by atoms with van der Waals surface area (Å²) in [7, 11) is 0. The fourth-order valence-corrected chi connectivity index (χ4v) is 3.45. The summed E-state index contributed by atoms with van der Waals surface area (Å²) in [6.07, 6.45) is -0.0806. The molecule has 2 N–H and O–H groups in total. The minimum atomic E-state index is -0.256. The molecule has 1 aromatic carbocycles. The van der Waals surface area contributed by atoms with Gasteiger partial charge in [-0.25, -0.2) is 0 Å². The molecule has 0 saturated carbocycles. The topological polar surface area (TPSA) is 50.4 Å². The first-order valence-electron chi connectivity index (χ1n) is 6.83. The molecular formula is C15H19ClN2O2S. The highest BCUT2D eigenvalue weighted by atomic mass is 35.5. The van der Waals surface area contributed by atoms with Gasteiger partial charge in [-0.1, -0.05) is 18.2 Å². The van der Waals surface area contributed by atoms with Crippen LogP contribution in [0.4, 0.5) is 0 Å². The van der Waals surface area contributed by atoms with E-state index in [0.717, 1.165) is 6.54 Å². The van der Waals surface area contributed by atoms with Crippen molar-refractivity contribution in [2.45, 2.75) is 25.6 Å². The standard InChI is InChI=1S/C15H18N2O2S.ClH/c1-10-14(16-6-7-19-10)15(18)17-8-11-9-20-13-5-3-2-4-12(11)13;/h2-5,9-10,14,16H,6-8H2,1H3,(H,17,18);1H/t10-,14+;/m1./s1. The molecule has 0 unspecified atom stereocenters. The Morgan fingerprint density at radius 3 is 3.10 bits per heavy atom. The van der Waals surface area contributed by atoms with E-state index in [0.29, 0.717) is 13.2 Å². The van der Waals surface area contributed by atoms with Crippen LogP contribution >= 0.6 is 23.7 Å². The number of nitrogens with one attached hydrogen (secondary N) is 2. The maximum absolute atomic E-state index is 12.2. The predicted octanol–water partition coefficient (Wildman–Crippen LogP) is 2.32. The van der Waals surface area contributed by atoms with Crippen LogP contribution in [0.25, 0.3) is 10.1 Å². The van der Waals surface area contributed by atoms with Gasteiger partial charge in [0, 0.05) is 17.8 Å². The van der Waals surface area contributed by atoms with E-state index in [1.807, 2.05) is 19.1 Å². The first-order chi connectivity index (χ1) is 9.75. The van der Waals surface area contributed by atoms with Crippen LogP contribution in [0.1, 0.15) is 12.5 Å². The summed E-state index contributed by atoms with van der Waals surface area (Å²) in [5.41, 5.74) is 1.17. The number of hydrogen-bond donors (Lipinski definition) is 2. The molecule has 2 heterocycles. The van der Waals surface area contributed by atoms with E-state index >= 15 is 0 Å². The Bertz CT molecular complexity index is 616. The number of thiophene rings is 1. The van der Waals surface area contributed by atoms with Crippen molar-refractivity contribution in [3.8, 4) is 0 Å². The van der Waals surface area contributed by atoms with Crippen LogP contribution in [0, 0.1) is 0 Å². The Labute approximate surface area is 134 Å². The molecule has 1 fully saturated rings. The Kier molecular flexibility index (Phi) is 5.58. The van der Waals surface area contributed by atoms with Crippen molar-refractivity contribution >= 4 is 39.7 Å². The van der Waals surface area contributed by atoms with E-state index < -0.39 is 0 Å². The van der Waals surface area contributed by atoms with Gasteiger partial charge in [0.15, 0.2) is 0 Å². The monoisotopic (exact) mass is 326 g/mol. The van der Waals surface area contributed by atoms with Crippen LogP contribution < -0.4 is 10.6 Å². The van der Waals surface area contributed by atoms with Crippen LogP contribution in [0.2, 0.25) is 0 Å². The van der Waals surface area contributed by atoms with Crippen LogP contribution in [-0.4, -0.2) is 31.2 Å². The molecule has 2 atom stereocenters. The fraction of sp³-hybridized carbons (Fsp3) is 0.400. The first-order valence-corrected chi connectivity index (χ1v) is 7.71. The van der Waals surface area contributed by atoms with Gasteiger partial charge in [0.25, 0.3) is 0 Å². The van der Waals surface area contributed by atoms with Crippen molar-refractivity contribution in [1.82, 2.24) is 10.6 Å². The molecule has 21 heavy (non-hydrogen) atoms. The van der Waals surface area contributed by atoms with E-state index in [1.54, 1.807) is 11.3 Å². The minimum absolute atomic E-state index is 0.